The van der Waals surface area contributed by atoms with Gasteiger partial charge in [0.2, 0.25) is 17.7 Å². The maximum atomic E-state index is 12.5. The zero-order chi connectivity index (χ0) is 23.4. The van der Waals surface area contributed by atoms with E-state index in [0.29, 0.717) is 12.2 Å². The maximum absolute atomic E-state index is 12.5. The largest absolute Gasteiger partial charge is 0.481 e. The van der Waals surface area contributed by atoms with Crippen LogP contribution >= 0.6 is 24.4 Å². The van der Waals surface area contributed by atoms with Crippen LogP contribution in [0.15, 0.2) is 0 Å². The van der Waals surface area contributed by atoms with E-state index in [1.807, 2.05) is 6.26 Å². The van der Waals surface area contributed by atoms with Gasteiger partial charge in [0.25, 0.3) is 0 Å². The Morgan fingerprint density at radius 3 is 1.97 bits per heavy atom. The van der Waals surface area contributed by atoms with Crippen LogP contribution < -0.4 is 21.7 Å². The van der Waals surface area contributed by atoms with E-state index in [-0.39, 0.29) is 5.75 Å². The number of aliphatic carboxylic acids is 2. The second-order valence-electron chi connectivity index (χ2n) is 6.36. The van der Waals surface area contributed by atoms with Crippen molar-refractivity contribution in [3.63, 3.8) is 0 Å². The predicted octanol–water partition coefficient (Wildman–Crippen LogP) is -2.61. The second kappa shape index (κ2) is 14.1. The van der Waals surface area contributed by atoms with Gasteiger partial charge in [-0.25, -0.2) is 4.79 Å². The Hall–Kier alpha value is -2.03. The van der Waals surface area contributed by atoms with Gasteiger partial charge in [0.1, 0.15) is 12.1 Å². The highest BCUT2D eigenvalue weighted by molar-refractivity contribution is 7.98. The molecule has 30 heavy (non-hydrogen) atoms. The SMILES string of the molecule is CSCCC(N)C(=O)NC(CC(=O)O)C(=O)NC(CS)C(=O)NC(C(=O)O)C(C)O. The molecule has 0 aliphatic rings. The van der Waals surface area contributed by atoms with Crippen molar-refractivity contribution < 1.29 is 39.3 Å². The molecule has 0 aromatic carbocycles. The molecule has 0 rings (SSSR count). The Labute approximate surface area is 183 Å². The van der Waals surface area contributed by atoms with Crippen molar-refractivity contribution >= 4 is 54.1 Å². The van der Waals surface area contributed by atoms with Gasteiger partial charge in [0.15, 0.2) is 6.04 Å². The molecule has 0 aromatic rings. The summed E-state index contributed by atoms with van der Waals surface area (Å²) >= 11 is 5.38. The van der Waals surface area contributed by atoms with Crippen LogP contribution in [0.1, 0.15) is 19.8 Å². The molecule has 0 aromatic heterocycles. The van der Waals surface area contributed by atoms with Gasteiger partial charge in [0, 0.05) is 5.75 Å². The number of nitrogens with two attached hydrogens (primary N) is 1. The fraction of sp³-hybridized carbons (Fsp3) is 0.688. The highest BCUT2D eigenvalue weighted by atomic mass is 32.2. The van der Waals surface area contributed by atoms with E-state index in [2.05, 4.69) is 28.6 Å². The van der Waals surface area contributed by atoms with Crippen LogP contribution in [0.4, 0.5) is 0 Å². The zero-order valence-electron chi connectivity index (χ0n) is 16.5. The molecule has 0 bridgehead atoms. The van der Waals surface area contributed by atoms with Gasteiger partial charge >= 0.3 is 11.9 Å². The number of carboxylic acid groups (broad SMARTS) is 2. The summed E-state index contributed by atoms with van der Waals surface area (Å²) in [5.41, 5.74) is 5.71. The molecule has 8 N–H and O–H groups in total. The maximum Gasteiger partial charge on any atom is 0.328 e. The molecule has 0 radical (unpaired) electrons. The predicted molar refractivity (Wildman–Crippen MR) is 112 cm³/mol. The Kier molecular flexibility index (Phi) is 13.1. The lowest BCUT2D eigenvalue weighted by Gasteiger charge is -2.24. The number of carbonyl (C=O) groups is 5. The summed E-state index contributed by atoms with van der Waals surface area (Å²) in [4.78, 5) is 59.0. The van der Waals surface area contributed by atoms with Crippen LogP contribution in [0.5, 0.6) is 0 Å². The van der Waals surface area contributed by atoms with Gasteiger partial charge in [-0.05, 0) is 25.4 Å². The normalized spacial score (nSPS) is 15.8. The summed E-state index contributed by atoms with van der Waals surface area (Å²) in [7, 11) is 0. The van der Waals surface area contributed by atoms with Gasteiger partial charge in [-0.3, -0.25) is 19.2 Å². The van der Waals surface area contributed by atoms with Crippen molar-refractivity contribution in [1.82, 2.24) is 16.0 Å². The average molecular weight is 469 g/mol. The van der Waals surface area contributed by atoms with Gasteiger partial charge in [-0.15, -0.1) is 0 Å². The molecule has 172 valence electrons. The minimum atomic E-state index is -1.62. The molecule has 5 atom stereocenters. The number of carbonyl (C=O) groups excluding carboxylic acids is 3. The molecule has 0 saturated heterocycles. The minimum Gasteiger partial charge on any atom is -0.481 e. The van der Waals surface area contributed by atoms with E-state index in [1.165, 1.54) is 11.8 Å². The topological polar surface area (TPSA) is 208 Å². The Bertz CT molecular complexity index is 634. The summed E-state index contributed by atoms with van der Waals surface area (Å²) in [5, 5.41) is 34.0. The van der Waals surface area contributed by atoms with Crippen LogP contribution in [-0.2, 0) is 24.0 Å². The number of hydrogen-bond donors (Lipinski definition) is 8. The molecule has 14 heteroatoms. The standard InChI is InChI=1S/C16H28N4O8S2/c1-7(21)12(16(27)28)20-15(26)10(6-29)19-14(25)9(5-11(22)23)18-13(24)8(17)3-4-30-2/h7-10,12,21,29H,3-6,17H2,1-2H3,(H,18,24)(H,19,25)(H,20,26)(H,22,23)(H,27,28). The summed E-state index contributed by atoms with van der Waals surface area (Å²) in [6.07, 6.45) is -0.0458. The lowest BCUT2D eigenvalue weighted by atomic mass is 10.1. The third-order valence-corrected chi connectivity index (χ3v) is 4.85. The molecule has 0 heterocycles. The number of aliphatic hydroxyl groups excluding tert-OH is 1. The zero-order valence-corrected chi connectivity index (χ0v) is 18.2. The second-order valence-corrected chi connectivity index (χ2v) is 7.71. The molecule has 0 aliphatic heterocycles. The van der Waals surface area contributed by atoms with Crippen molar-refractivity contribution in [2.45, 2.75) is 50.0 Å². The highest BCUT2D eigenvalue weighted by Gasteiger charge is 2.32. The summed E-state index contributed by atoms with van der Waals surface area (Å²) in [6.45, 7) is 1.16. The number of hydrogen-bond acceptors (Lipinski definition) is 9. The first-order valence-electron chi connectivity index (χ1n) is 8.83. The molecule has 0 aliphatic carbocycles. The van der Waals surface area contributed by atoms with Crippen molar-refractivity contribution in [1.29, 1.82) is 0 Å². The van der Waals surface area contributed by atoms with Crippen molar-refractivity contribution in [2.75, 3.05) is 17.8 Å². The van der Waals surface area contributed by atoms with E-state index >= 15 is 0 Å². The van der Waals surface area contributed by atoms with Crippen LogP contribution in [0.2, 0.25) is 0 Å². The van der Waals surface area contributed by atoms with Crippen LogP contribution in [-0.4, -0.2) is 93.0 Å². The number of amides is 3. The number of aliphatic hydroxyl groups is 1. The number of thioether (sulfide) groups is 1. The third-order valence-electron chi connectivity index (χ3n) is 3.84. The highest BCUT2D eigenvalue weighted by Crippen LogP contribution is 2.02. The van der Waals surface area contributed by atoms with E-state index in [9.17, 15) is 29.1 Å². The van der Waals surface area contributed by atoms with Crippen LogP contribution in [0.25, 0.3) is 0 Å². The first-order chi connectivity index (χ1) is 13.9. The van der Waals surface area contributed by atoms with Crippen molar-refractivity contribution in [3.05, 3.63) is 0 Å². The quantitative estimate of drug-likeness (QED) is 0.125. The summed E-state index contributed by atoms with van der Waals surface area (Å²) in [5.74, 6) is -5.20. The molecule has 3 amide bonds. The van der Waals surface area contributed by atoms with Crippen molar-refractivity contribution in [2.24, 2.45) is 5.73 Å². The van der Waals surface area contributed by atoms with Crippen molar-refractivity contribution in [3.8, 4) is 0 Å². The molecule has 0 fully saturated rings. The van der Waals surface area contributed by atoms with Gasteiger partial charge < -0.3 is 37.0 Å². The van der Waals surface area contributed by atoms with Crippen LogP contribution in [0, 0.1) is 0 Å². The molecule has 5 unspecified atom stereocenters. The third kappa shape index (κ3) is 10.1. The summed E-state index contributed by atoms with van der Waals surface area (Å²) < 4.78 is 0. The Morgan fingerprint density at radius 2 is 1.53 bits per heavy atom. The average Bonchev–Trinajstić information content (AvgIpc) is 2.66. The molecule has 0 spiro atoms. The number of thiol groups is 1. The summed E-state index contributed by atoms with van der Waals surface area (Å²) in [6, 6.07) is -5.44. The van der Waals surface area contributed by atoms with Gasteiger partial charge in [-0.2, -0.15) is 24.4 Å². The van der Waals surface area contributed by atoms with E-state index in [1.54, 1.807) is 0 Å². The smallest absolute Gasteiger partial charge is 0.328 e. The Morgan fingerprint density at radius 1 is 1.00 bits per heavy atom. The molecular formula is C16H28N4O8S2. The minimum absolute atomic E-state index is 0.259. The number of nitrogens with one attached hydrogen (secondary N) is 3. The monoisotopic (exact) mass is 468 g/mol. The van der Waals surface area contributed by atoms with Crippen LogP contribution in [0.3, 0.4) is 0 Å². The molecular weight excluding hydrogens is 440 g/mol. The lowest BCUT2D eigenvalue weighted by Crippen LogP contribution is -2.59. The first kappa shape index (κ1) is 28.0. The van der Waals surface area contributed by atoms with Gasteiger partial charge in [0.05, 0.1) is 18.6 Å². The van der Waals surface area contributed by atoms with E-state index in [0.717, 1.165) is 6.92 Å². The molecule has 0 saturated carbocycles. The molecule has 12 nitrogen and oxygen atoms in total. The number of carboxylic acids is 2. The fourth-order valence-corrected chi connectivity index (χ4v) is 2.89. The number of rotatable bonds is 14. The lowest BCUT2D eigenvalue weighted by molar-refractivity contribution is -0.145. The van der Waals surface area contributed by atoms with E-state index < -0.39 is 66.4 Å². The van der Waals surface area contributed by atoms with E-state index in [4.69, 9.17) is 15.9 Å². The fourth-order valence-electron chi connectivity index (χ4n) is 2.15. The van der Waals surface area contributed by atoms with Gasteiger partial charge in [-0.1, -0.05) is 0 Å². The Balaban J connectivity index is 5.21. The first-order valence-corrected chi connectivity index (χ1v) is 10.9.